The van der Waals surface area contributed by atoms with Gasteiger partial charge in [-0.05, 0) is 54.6 Å². The van der Waals surface area contributed by atoms with Crippen molar-refractivity contribution in [3.05, 3.63) is 60.5 Å². The minimum atomic E-state index is -0.485. The Morgan fingerprint density at radius 1 is 1.02 bits per heavy atom. The summed E-state index contributed by atoms with van der Waals surface area (Å²) in [5.74, 6) is 1.13. The number of pyridine rings is 1. The van der Waals surface area contributed by atoms with Crippen LogP contribution in [0.15, 0.2) is 54.7 Å². The average Bonchev–Trinajstić information content (AvgIpc) is 2.97. The summed E-state index contributed by atoms with van der Waals surface area (Å²) >= 11 is 0. The molecular weight excluding hydrogens is 513 g/mol. The fraction of sp³-hybridized carbons (Fsp3) is 0.355. The largest absolute Gasteiger partial charge is 0.493 e. The van der Waals surface area contributed by atoms with Crippen LogP contribution < -0.4 is 19.5 Å². The van der Waals surface area contributed by atoms with Crippen LogP contribution in [0.2, 0.25) is 0 Å². The Kier molecular flexibility index (Phi) is 8.93. The van der Waals surface area contributed by atoms with Crippen LogP contribution >= 0.6 is 0 Å². The molecular formula is C31H34FN3O5. The molecule has 1 saturated heterocycles. The van der Waals surface area contributed by atoms with Crippen LogP contribution in [0.3, 0.4) is 0 Å². The van der Waals surface area contributed by atoms with Crippen LogP contribution in [0.5, 0.6) is 23.0 Å². The number of methoxy groups -OCH3 is 1. The molecule has 1 fully saturated rings. The van der Waals surface area contributed by atoms with Gasteiger partial charge in [0.25, 0.3) is 0 Å². The highest BCUT2D eigenvalue weighted by Crippen LogP contribution is 2.38. The van der Waals surface area contributed by atoms with Crippen molar-refractivity contribution in [1.82, 2.24) is 9.88 Å². The molecule has 0 unspecified atom stereocenters. The van der Waals surface area contributed by atoms with Crippen molar-refractivity contribution in [2.75, 3.05) is 51.9 Å². The van der Waals surface area contributed by atoms with Crippen molar-refractivity contribution < 1.29 is 28.1 Å². The highest BCUT2D eigenvalue weighted by molar-refractivity contribution is 5.95. The summed E-state index contributed by atoms with van der Waals surface area (Å²) < 4.78 is 38.6. The lowest BCUT2D eigenvalue weighted by Gasteiger charge is -2.26. The summed E-state index contributed by atoms with van der Waals surface area (Å²) in [6.45, 7) is 6.88. The summed E-state index contributed by atoms with van der Waals surface area (Å²) in [4.78, 5) is 18.8. The number of halogens is 1. The lowest BCUT2D eigenvalue weighted by atomic mass is 10.1. The molecule has 8 nitrogen and oxygen atoms in total. The van der Waals surface area contributed by atoms with E-state index in [0.29, 0.717) is 57.6 Å². The molecule has 5 rings (SSSR count). The molecule has 0 spiro atoms. The van der Waals surface area contributed by atoms with Crippen molar-refractivity contribution in [1.29, 1.82) is 0 Å². The normalized spacial score (nSPS) is 13.9. The van der Waals surface area contributed by atoms with Gasteiger partial charge in [0.15, 0.2) is 23.1 Å². The second-order valence-electron chi connectivity index (χ2n) is 9.70. The zero-order valence-corrected chi connectivity index (χ0v) is 22.9. The van der Waals surface area contributed by atoms with Gasteiger partial charge in [-0.2, -0.15) is 0 Å². The molecule has 0 bridgehead atoms. The van der Waals surface area contributed by atoms with Crippen molar-refractivity contribution in [2.24, 2.45) is 0 Å². The summed E-state index contributed by atoms with van der Waals surface area (Å²) in [6.07, 6.45) is 3.70. The maximum absolute atomic E-state index is 15.5. The molecule has 4 aromatic rings. The fourth-order valence-corrected chi connectivity index (χ4v) is 4.78. The van der Waals surface area contributed by atoms with Crippen molar-refractivity contribution in [3.8, 4) is 23.0 Å². The topological polar surface area (TPSA) is 82.2 Å². The lowest BCUT2D eigenvalue weighted by molar-refractivity contribution is -0.116. The van der Waals surface area contributed by atoms with Crippen LogP contribution in [-0.2, 0) is 9.53 Å². The van der Waals surface area contributed by atoms with E-state index in [1.165, 1.54) is 0 Å². The Balaban J connectivity index is 1.33. The van der Waals surface area contributed by atoms with E-state index in [-0.39, 0.29) is 11.7 Å². The molecule has 2 heterocycles. The van der Waals surface area contributed by atoms with Gasteiger partial charge >= 0.3 is 0 Å². The highest BCUT2D eigenvalue weighted by atomic mass is 19.1. The summed E-state index contributed by atoms with van der Waals surface area (Å²) in [6, 6.07) is 13.8. The molecule has 1 amide bonds. The van der Waals surface area contributed by atoms with Gasteiger partial charge in [-0.15, -0.1) is 0 Å². The Labute approximate surface area is 233 Å². The number of hydrogen-bond donors (Lipinski definition) is 1. The number of nitrogens with zero attached hydrogens (tertiary/aromatic N) is 2. The number of aromatic nitrogens is 1. The highest BCUT2D eigenvalue weighted by Gasteiger charge is 2.16. The van der Waals surface area contributed by atoms with E-state index in [1.54, 1.807) is 55.8 Å². The third-order valence-electron chi connectivity index (χ3n) is 6.87. The van der Waals surface area contributed by atoms with Gasteiger partial charge in [-0.1, -0.05) is 13.0 Å². The van der Waals surface area contributed by atoms with Gasteiger partial charge < -0.3 is 24.3 Å². The van der Waals surface area contributed by atoms with Gasteiger partial charge in [0.1, 0.15) is 5.75 Å². The third kappa shape index (κ3) is 6.43. The van der Waals surface area contributed by atoms with Crippen LogP contribution in [0.4, 0.5) is 10.1 Å². The smallest absolute Gasteiger partial charge is 0.224 e. The first-order valence-electron chi connectivity index (χ1n) is 13.7. The number of carbonyl (C=O) groups excluding carboxylic acids is 1. The molecule has 40 heavy (non-hydrogen) atoms. The molecule has 1 aliphatic rings. The predicted octanol–water partition coefficient (Wildman–Crippen LogP) is 6.17. The lowest BCUT2D eigenvalue weighted by Crippen LogP contribution is -2.37. The molecule has 0 atom stereocenters. The number of rotatable bonds is 11. The van der Waals surface area contributed by atoms with E-state index in [4.69, 9.17) is 18.9 Å². The summed E-state index contributed by atoms with van der Waals surface area (Å²) in [5, 5.41) is 4.58. The molecule has 210 valence electrons. The Morgan fingerprint density at radius 2 is 1.88 bits per heavy atom. The Bertz CT molecular complexity index is 1490. The van der Waals surface area contributed by atoms with Gasteiger partial charge in [0.05, 0.1) is 32.4 Å². The van der Waals surface area contributed by atoms with Crippen molar-refractivity contribution in [2.45, 2.75) is 26.2 Å². The second-order valence-corrected chi connectivity index (χ2v) is 9.70. The molecule has 9 heteroatoms. The van der Waals surface area contributed by atoms with E-state index in [9.17, 15) is 4.79 Å². The Morgan fingerprint density at radius 3 is 2.67 bits per heavy atom. The number of hydrogen-bond acceptors (Lipinski definition) is 7. The standard InChI is InChI=1S/C31H34FN3O5/c1-3-5-30(36)34-22-7-8-23-21(18-22)6-9-27(31(23)32)40-26-10-11-33-25-20-29(28(37-2)19-24(25)26)39-15-4-12-35-13-16-38-17-14-35/h6-11,18-20H,3-5,12-17H2,1-2H3,(H,34,36). The number of ether oxygens (including phenoxy) is 4. The first-order chi connectivity index (χ1) is 19.6. The molecule has 3 aromatic carbocycles. The number of carbonyl (C=O) groups is 1. The van der Waals surface area contributed by atoms with E-state index < -0.39 is 5.82 Å². The fourth-order valence-electron chi connectivity index (χ4n) is 4.78. The number of amides is 1. The van der Waals surface area contributed by atoms with Crippen LogP contribution in [0.25, 0.3) is 21.7 Å². The molecule has 0 radical (unpaired) electrons. The van der Waals surface area contributed by atoms with Gasteiger partial charge in [-0.25, -0.2) is 4.39 Å². The Hall–Kier alpha value is -3.95. The van der Waals surface area contributed by atoms with Gasteiger partial charge in [0.2, 0.25) is 5.91 Å². The number of anilines is 1. The molecule has 1 aromatic heterocycles. The van der Waals surface area contributed by atoms with Crippen LogP contribution in [0.1, 0.15) is 26.2 Å². The quantitative estimate of drug-likeness (QED) is 0.225. The average molecular weight is 548 g/mol. The van der Waals surface area contributed by atoms with Gasteiger partial charge in [0, 0.05) is 54.8 Å². The first kappa shape index (κ1) is 27.6. The van der Waals surface area contributed by atoms with Crippen LogP contribution in [0, 0.1) is 5.82 Å². The number of nitrogens with one attached hydrogen (secondary N) is 1. The third-order valence-corrected chi connectivity index (χ3v) is 6.87. The monoisotopic (exact) mass is 547 g/mol. The summed E-state index contributed by atoms with van der Waals surface area (Å²) in [5.41, 5.74) is 1.28. The minimum Gasteiger partial charge on any atom is -0.493 e. The number of morpholine rings is 1. The van der Waals surface area contributed by atoms with Crippen LogP contribution in [-0.4, -0.2) is 62.4 Å². The zero-order valence-electron chi connectivity index (χ0n) is 22.9. The first-order valence-corrected chi connectivity index (χ1v) is 13.7. The zero-order chi connectivity index (χ0) is 27.9. The van der Waals surface area contributed by atoms with E-state index in [0.717, 1.165) is 45.7 Å². The van der Waals surface area contributed by atoms with Crippen molar-refractivity contribution in [3.63, 3.8) is 0 Å². The number of benzene rings is 3. The number of fused-ring (bicyclic) bond motifs is 2. The van der Waals surface area contributed by atoms with E-state index >= 15 is 4.39 Å². The molecule has 1 N–H and O–H groups in total. The maximum Gasteiger partial charge on any atom is 0.224 e. The molecule has 0 saturated carbocycles. The van der Waals surface area contributed by atoms with E-state index in [1.807, 2.05) is 13.0 Å². The molecule has 0 aliphatic carbocycles. The van der Waals surface area contributed by atoms with Crippen molar-refractivity contribution >= 4 is 33.3 Å². The minimum absolute atomic E-state index is 0.0659. The van der Waals surface area contributed by atoms with E-state index in [2.05, 4.69) is 15.2 Å². The maximum atomic E-state index is 15.5. The SMILES string of the molecule is CCCC(=O)Nc1ccc2c(F)c(Oc3ccnc4cc(OCCCN5CCOCC5)c(OC)cc34)ccc2c1. The summed E-state index contributed by atoms with van der Waals surface area (Å²) in [7, 11) is 1.58. The molecule has 1 aliphatic heterocycles. The predicted molar refractivity (Wildman–Crippen MR) is 153 cm³/mol. The van der Waals surface area contributed by atoms with Gasteiger partial charge in [-0.3, -0.25) is 14.7 Å². The second kappa shape index (κ2) is 12.9.